The van der Waals surface area contributed by atoms with E-state index in [9.17, 15) is 9.59 Å². The van der Waals surface area contributed by atoms with Crippen LogP contribution in [-0.4, -0.2) is 20.7 Å². The molecule has 1 atom stereocenters. The van der Waals surface area contributed by atoms with Crippen LogP contribution < -0.4 is 10.9 Å². The van der Waals surface area contributed by atoms with Gasteiger partial charge in [0, 0.05) is 11.1 Å². The Morgan fingerprint density at radius 1 is 1.33 bits per heavy atom. The maximum atomic E-state index is 12.9. The van der Waals surface area contributed by atoms with Gasteiger partial charge < -0.3 is 9.73 Å². The summed E-state index contributed by atoms with van der Waals surface area (Å²) in [5.74, 6) is 0.519. The molecule has 3 rings (SSSR count). The molecule has 1 N–H and O–H groups in total. The molecule has 0 aliphatic rings. The Morgan fingerprint density at radius 3 is 2.78 bits per heavy atom. The molecule has 0 saturated carbocycles. The van der Waals surface area contributed by atoms with Crippen LogP contribution in [0.4, 0.5) is 0 Å². The van der Waals surface area contributed by atoms with E-state index in [0.29, 0.717) is 33.4 Å². The number of nitrogens with zero attached hydrogens (tertiary/aromatic N) is 2. The van der Waals surface area contributed by atoms with Crippen LogP contribution in [0.5, 0.6) is 0 Å². The van der Waals surface area contributed by atoms with E-state index in [1.165, 1.54) is 11.8 Å². The largest absolute Gasteiger partial charge is 0.467 e. The zero-order chi connectivity index (χ0) is 19.6. The van der Waals surface area contributed by atoms with Crippen LogP contribution in [0.1, 0.15) is 32.6 Å². The van der Waals surface area contributed by atoms with E-state index in [0.717, 1.165) is 0 Å². The number of fused-ring (bicyclic) bond motifs is 1. The van der Waals surface area contributed by atoms with Gasteiger partial charge in [-0.1, -0.05) is 23.4 Å². The number of hydrogen-bond donors (Lipinski definition) is 1. The second-order valence-corrected chi connectivity index (χ2v) is 8.13. The lowest BCUT2D eigenvalue weighted by Crippen LogP contribution is -2.32. The molecule has 3 aromatic rings. The van der Waals surface area contributed by atoms with Crippen LogP contribution in [-0.2, 0) is 11.3 Å². The highest BCUT2D eigenvalue weighted by Gasteiger charge is 2.20. The van der Waals surface area contributed by atoms with E-state index in [1.807, 2.05) is 13.8 Å². The van der Waals surface area contributed by atoms with E-state index in [1.54, 1.807) is 48.1 Å². The quantitative estimate of drug-likeness (QED) is 0.495. The number of thioether (sulfide) groups is 1. The lowest BCUT2D eigenvalue weighted by Gasteiger charge is -2.18. The van der Waals surface area contributed by atoms with E-state index < -0.39 is 5.25 Å². The fraction of sp³-hybridized carbons (Fsp3) is 0.316. The summed E-state index contributed by atoms with van der Waals surface area (Å²) >= 11 is 7.29. The minimum atomic E-state index is -0.437. The van der Waals surface area contributed by atoms with Crippen LogP contribution in [0.3, 0.4) is 0 Å². The van der Waals surface area contributed by atoms with Gasteiger partial charge in [0.05, 0.1) is 29.0 Å². The number of halogens is 1. The van der Waals surface area contributed by atoms with Gasteiger partial charge in [-0.2, -0.15) is 0 Å². The monoisotopic (exact) mass is 405 g/mol. The molecule has 0 saturated heterocycles. The molecule has 0 radical (unpaired) electrons. The zero-order valence-electron chi connectivity index (χ0n) is 15.2. The number of hydrogen-bond acceptors (Lipinski definition) is 5. The second-order valence-electron chi connectivity index (χ2n) is 6.38. The molecule has 6 nitrogen and oxygen atoms in total. The van der Waals surface area contributed by atoms with Crippen molar-refractivity contribution in [3.8, 4) is 0 Å². The van der Waals surface area contributed by atoms with Gasteiger partial charge in [0.15, 0.2) is 5.16 Å². The van der Waals surface area contributed by atoms with Crippen molar-refractivity contribution in [1.82, 2.24) is 14.9 Å². The molecular formula is C19H20ClN3O3S. The van der Waals surface area contributed by atoms with Crippen molar-refractivity contribution >= 4 is 40.2 Å². The Labute approximate surface area is 165 Å². The minimum absolute atomic E-state index is 0.0917. The third-order valence-electron chi connectivity index (χ3n) is 4.02. The van der Waals surface area contributed by atoms with Gasteiger partial charge in [0.1, 0.15) is 5.76 Å². The molecule has 8 heteroatoms. The molecule has 142 valence electrons. The van der Waals surface area contributed by atoms with Gasteiger partial charge in [-0.25, -0.2) is 4.98 Å². The number of aromatic nitrogens is 2. The number of furan rings is 1. The summed E-state index contributed by atoms with van der Waals surface area (Å²) in [5.41, 5.74) is 0.382. The number of benzene rings is 1. The zero-order valence-corrected chi connectivity index (χ0v) is 16.8. The molecule has 1 amide bonds. The lowest BCUT2D eigenvalue weighted by atomic mass is 10.2. The van der Waals surface area contributed by atoms with Crippen molar-refractivity contribution in [2.45, 2.75) is 43.8 Å². The Balaban J connectivity index is 1.87. The number of carbonyl (C=O) groups is 1. The van der Waals surface area contributed by atoms with Crippen molar-refractivity contribution in [2.24, 2.45) is 0 Å². The van der Waals surface area contributed by atoms with E-state index >= 15 is 0 Å². The summed E-state index contributed by atoms with van der Waals surface area (Å²) in [7, 11) is 0. The first-order valence-electron chi connectivity index (χ1n) is 8.55. The summed E-state index contributed by atoms with van der Waals surface area (Å²) in [5, 5.41) is 3.90. The summed E-state index contributed by atoms with van der Waals surface area (Å²) < 4.78 is 6.82. The molecule has 2 heterocycles. The molecule has 1 unspecified atom stereocenters. The van der Waals surface area contributed by atoms with Crippen molar-refractivity contribution < 1.29 is 9.21 Å². The Hall–Kier alpha value is -2.25. The summed E-state index contributed by atoms with van der Waals surface area (Å²) in [6.45, 7) is 5.92. The lowest BCUT2D eigenvalue weighted by molar-refractivity contribution is -0.120. The average Bonchev–Trinajstić information content (AvgIpc) is 3.12. The third-order valence-corrected chi connectivity index (χ3v) is 5.32. The maximum absolute atomic E-state index is 12.9. The van der Waals surface area contributed by atoms with Crippen LogP contribution in [0, 0.1) is 0 Å². The van der Waals surface area contributed by atoms with Crippen LogP contribution >= 0.6 is 23.4 Å². The average molecular weight is 406 g/mol. The van der Waals surface area contributed by atoms with Crippen LogP contribution in [0.25, 0.3) is 10.9 Å². The maximum Gasteiger partial charge on any atom is 0.262 e. The Kier molecular flexibility index (Phi) is 5.92. The molecule has 1 aromatic carbocycles. The van der Waals surface area contributed by atoms with Crippen molar-refractivity contribution in [3.63, 3.8) is 0 Å². The first kappa shape index (κ1) is 19.5. The highest BCUT2D eigenvalue weighted by atomic mass is 35.5. The molecule has 0 aliphatic heterocycles. The van der Waals surface area contributed by atoms with Gasteiger partial charge >= 0.3 is 0 Å². The number of carbonyl (C=O) groups excluding carboxylic acids is 1. The molecule has 0 bridgehead atoms. The number of rotatable bonds is 6. The highest BCUT2D eigenvalue weighted by molar-refractivity contribution is 8.00. The molecule has 0 spiro atoms. The van der Waals surface area contributed by atoms with Crippen molar-refractivity contribution in [1.29, 1.82) is 0 Å². The normalized spacial score (nSPS) is 12.5. The number of amides is 1. The fourth-order valence-corrected chi connectivity index (χ4v) is 3.86. The SMILES string of the molecule is CC(Sc1nc2cc(Cl)ccc2c(=O)n1C(C)C)C(=O)NCc1ccco1. The molecular weight excluding hydrogens is 386 g/mol. The van der Waals surface area contributed by atoms with Gasteiger partial charge in [-0.15, -0.1) is 0 Å². The summed E-state index contributed by atoms with van der Waals surface area (Å²) in [6, 6.07) is 8.49. The molecule has 0 aliphatic carbocycles. The van der Waals surface area contributed by atoms with E-state index in [4.69, 9.17) is 16.0 Å². The summed E-state index contributed by atoms with van der Waals surface area (Å²) in [4.78, 5) is 29.9. The third kappa shape index (κ3) is 4.36. The first-order valence-corrected chi connectivity index (χ1v) is 9.81. The molecule has 2 aromatic heterocycles. The second kappa shape index (κ2) is 8.19. The smallest absolute Gasteiger partial charge is 0.262 e. The topological polar surface area (TPSA) is 77.1 Å². The molecule has 0 fully saturated rings. The fourth-order valence-electron chi connectivity index (χ4n) is 2.63. The first-order chi connectivity index (χ1) is 12.9. The van der Waals surface area contributed by atoms with E-state index in [2.05, 4.69) is 10.3 Å². The van der Waals surface area contributed by atoms with Crippen LogP contribution in [0.2, 0.25) is 5.02 Å². The highest BCUT2D eigenvalue weighted by Crippen LogP contribution is 2.26. The van der Waals surface area contributed by atoms with Crippen molar-refractivity contribution in [3.05, 3.63) is 57.7 Å². The van der Waals surface area contributed by atoms with Gasteiger partial charge in [0.25, 0.3) is 5.56 Å². The minimum Gasteiger partial charge on any atom is -0.467 e. The van der Waals surface area contributed by atoms with Gasteiger partial charge in [-0.3, -0.25) is 14.2 Å². The Morgan fingerprint density at radius 2 is 2.11 bits per heavy atom. The van der Waals surface area contributed by atoms with Gasteiger partial charge in [0.2, 0.25) is 5.91 Å². The van der Waals surface area contributed by atoms with Crippen LogP contribution in [0.15, 0.2) is 51.0 Å². The van der Waals surface area contributed by atoms with E-state index in [-0.39, 0.29) is 17.5 Å². The predicted octanol–water partition coefficient (Wildman–Crippen LogP) is 4.02. The summed E-state index contributed by atoms with van der Waals surface area (Å²) in [6.07, 6.45) is 1.56. The van der Waals surface area contributed by atoms with Gasteiger partial charge in [-0.05, 0) is 51.1 Å². The molecule has 27 heavy (non-hydrogen) atoms. The number of nitrogens with one attached hydrogen (secondary N) is 1. The standard InChI is InChI=1S/C19H20ClN3O3S/c1-11(2)23-18(25)15-7-6-13(20)9-16(15)22-19(23)27-12(3)17(24)21-10-14-5-4-8-26-14/h4-9,11-12H,10H2,1-3H3,(H,21,24). The van der Waals surface area contributed by atoms with Crippen molar-refractivity contribution in [2.75, 3.05) is 0 Å². The Bertz CT molecular complexity index is 1010. The predicted molar refractivity (Wildman–Crippen MR) is 107 cm³/mol.